The summed E-state index contributed by atoms with van der Waals surface area (Å²) in [5.74, 6) is 1.31. The van der Waals surface area contributed by atoms with E-state index in [1.54, 1.807) is 0 Å². The molecule has 4 nitrogen and oxygen atoms in total. The minimum absolute atomic E-state index is 0.0345. The molecular weight excluding hydrogens is 278 g/mol. The van der Waals surface area contributed by atoms with Crippen molar-refractivity contribution in [3.8, 4) is 0 Å². The van der Waals surface area contributed by atoms with E-state index in [0.717, 1.165) is 31.3 Å². The Morgan fingerprint density at radius 1 is 1.21 bits per heavy atom. The van der Waals surface area contributed by atoms with Gasteiger partial charge in [-0.1, -0.05) is 34.4 Å². The standard InChI is InChI=1S/C13H25N3OS2/c17-13(15-16-9-4-1-5-10-16)14-8-3-2-6-12-7-11-18-19-12/h12H,1-11H2,(H2,14,15,17). The summed E-state index contributed by atoms with van der Waals surface area (Å²) in [5, 5.41) is 5.84. The number of piperidine rings is 1. The van der Waals surface area contributed by atoms with Crippen LogP contribution in [0.15, 0.2) is 0 Å². The minimum Gasteiger partial charge on any atom is -0.337 e. The van der Waals surface area contributed by atoms with Gasteiger partial charge in [0.25, 0.3) is 0 Å². The maximum absolute atomic E-state index is 11.7. The van der Waals surface area contributed by atoms with Crippen LogP contribution in [-0.4, -0.2) is 41.7 Å². The van der Waals surface area contributed by atoms with Crippen LogP contribution in [0.3, 0.4) is 0 Å². The maximum Gasteiger partial charge on any atom is 0.329 e. The van der Waals surface area contributed by atoms with Gasteiger partial charge in [0.1, 0.15) is 0 Å². The van der Waals surface area contributed by atoms with E-state index in [2.05, 4.69) is 10.7 Å². The lowest BCUT2D eigenvalue weighted by molar-refractivity contribution is 0.155. The smallest absolute Gasteiger partial charge is 0.329 e. The number of urea groups is 1. The van der Waals surface area contributed by atoms with Crippen molar-refractivity contribution < 1.29 is 4.79 Å². The first kappa shape index (κ1) is 15.3. The minimum atomic E-state index is -0.0345. The fourth-order valence-corrected chi connectivity index (χ4v) is 5.48. The summed E-state index contributed by atoms with van der Waals surface area (Å²) < 4.78 is 0. The number of carbonyl (C=O) groups excluding carboxylic acids is 1. The van der Waals surface area contributed by atoms with Gasteiger partial charge >= 0.3 is 6.03 Å². The number of unbranched alkanes of at least 4 members (excludes halogenated alkanes) is 1. The van der Waals surface area contributed by atoms with Gasteiger partial charge in [-0.05, 0) is 32.1 Å². The zero-order valence-corrected chi connectivity index (χ0v) is 13.2. The van der Waals surface area contributed by atoms with Crippen molar-refractivity contribution in [2.75, 3.05) is 25.4 Å². The highest BCUT2D eigenvalue weighted by Gasteiger charge is 2.15. The molecule has 0 bridgehead atoms. The molecule has 110 valence electrons. The SMILES string of the molecule is O=C(NCCCCC1CCSS1)NN1CCCCC1. The van der Waals surface area contributed by atoms with E-state index in [-0.39, 0.29) is 6.03 Å². The molecule has 2 aliphatic heterocycles. The van der Waals surface area contributed by atoms with Gasteiger partial charge in [0.15, 0.2) is 0 Å². The van der Waals surface area contributed by atoms with Crippen LogP contribution < -0.4 is 10.7 Å². The fraction of sp³-hybridized carbons (Fsp3) is 0.923. The summed E-state index contributed by atoms with van der Waals surface area (Å²) in [4.78, 5) is 11.7. The molecule has 2 amide bonds. The van der Waals surface area contributed by atoms with Crippen molar-refractivity contribution in [2.45, 2.75) is 50.2 Å². The highest BCUT2D eigenvalue weighted by molar-refractivity contribution is 8.77. The lowest BCUT2D eigenvalue weighted by Crippen LogP contribution is -2.49. The van der Waals surface area contributed by atoms with Crippen molar-refractivity contribution in [2.24, 2.45) is 0 Å². The van der Waals surface area contributed by atoms with E-state index in [9.17, 15) is 4.79 Å². The molecule has 0 saturated carbocycles. The molecule has 0 aromatic rings. The van der Waals surface area contributed by atoms with Crippen molar-refractivity contribution in [3.63, 3.8) is 0 Å². The number of nitrogens with zero attached hydrogens (tertiary/aromatic N) is 1. The molecule has 2 N–H and O–H groups in total. The summed E-state index contributed by atoms with van der Waals surface area (Å²) >= 11 is 0. The molecule has 2 fully saturated rings. The Kier molecular flexibility index (Phi) is 7.24. The van der Waals surface area contributed by atoms with E-state index in [4.69, 9.17) is 0 Å². The maximum atomic E-state index is 11.7. The van der Waals surface area contributed by atoms with Crippen LogP contribution in [0.4, 0.5) is 4.79 Å². The molecule has 2 aliphatic rings. The van der Waals surface area contributed by atoms with E-state index in [0.29, 0.717) is 0 Å². The second kappa shape index (κ2) is 8.97. The quantitative estimate of drug-likeness (QED) is 0.585. The number of hydrazine groups is 1. The molecule has 2 rings (SSSR count). The predicted octanol–water partition coefficient (Wildman–Crippen LogP) is 3.01. The Morgan fingerprint density at radius 2 is 2.05 bits per heavy atom. The third-order valence-electron chi connectivity index (χ3n) is 3.58. The van der Waals surface area contributed by atoms with Crippen molar-refractivity contribution in [3.05, 3.63) is 0 Å². The Bertz CT molecular complexity index is 267. The molecule has 0 aliphatic carbocycles. The van der Waals surface area contributed by atoms with Gasteiger partial charge in [0.2, 0.25) is 0 Å². The van der Waals surface area contributed by atoms with Crippen LogP contribution >= 0.6 is 21.6 Å². The Balaban J connectivity index is 1.44. The summed E-state index contributed by atoms with van der Waals surface area (Å²) in [6.45, 7) is 2.78. The van der Waals surface area contributed by atoms with Gasteiger partial charge in [-0.2, -0.15) is 0 Å². The first-order chi connectivity index (χ1) is 9.34. The van der Waals surface area contributed by atoms with Crippen LogP contribution in [0.1, 0.15) is 44.9 Å². The van der Waals surface area contributed by atoms with Gasteiger partial charge in [-0.3, -0.25) is 5.43 Å². The number of carbonyl (C=O) groups is 1. The Morgan fingerprint density at radius 3 is 2.79 bits per heavy atom. The molecule has 1 unspecified atom stereocenters. The van der Waals surface area contributed by atoms with Crippen molar-refractivity contribution >= 4 is 27.6 Å². The van der Waals surface area contributed by atoms with E-state index >= 15 is 0 Å². The zero-order chi connectivity index (χ0) is 13.3. The van der Waals surface area contributed by atoms with Gasteiger partial charge in [0.05, 0.1) is 0 Å². The summed E-state index contributed by atoms with van der Waals surface area (Å²) in [7, 11) is 4.04. The number of rotatable bonds is 6. The van der Waals surface area contributed by atoms with Crippen LogP contribution in [0.25, 0.3) is 0 Å². The molecule has 0 spiro atoms. The third kappa shape index (κ3) is 6.27. The average molecular weight is 303 g/mol. The molecule has 2 saturated heterocycles. The number of nitrogens with one attached hydrogen (secondary N) is 2. The number of amides is 2. The first-order valence-electron chi connectivity index (χ1n) is 7.42. The largest absolute Gasteiger partial charge is 0.337 e. The van der Waals surface area contributed by atoms with Gasteiger partial charge in [0, 0.05) is 30.6 Å². The van der Waals surface area contributed by atoms with Gasteiger partial charge < -0.3 is 5.32 Å². The predicted molar refractivity (Wildman–Crippen MR) is 84.3 cm³/mol. The topological polar surface area (TPSA) is 44.4 Å². The molecular formula is C13H25N3OS2. The fourth-order valence-electron chi connectivity index (χ4n) is 2.45. The zero-order valence-electron chi connectivity index (χ0n) is 11.5. The van der Waals surface area contributed by atoms with E-state index < -0.39 is 0 Å². The van der Waals surface area contributed by atoms with Crippen molar-refractivity contribution in [1.82, 2.24) is 15.8 Å². The number of hydrogen-bond acceptors (Lipinski definition) is 4. The van der Waals surface area contributed by atoms with E-state index in [1.165, 1.54) is 44.3 Å². The normalized spacial score (nSPS) is 24.3. The molecule has 19 heavy (non-hydrogen) atoms. The molecule has 6 heteroatoms. The van der Waals surface area contributed by atoms with Crippen molar-refractivity contribution in [1.29, 1.82) is 0 Å². The highest BCUT2D eigenvalue weighted by Crippen LogP contribution is 2.39. The Hall–Kier alpha value is -0.0700. The van der Waals surface area contributed by atoms with Crippen LogP contribution in [0, 0.1) is 0 Å². The van der Waals surface area contributed by atoms with Crippen LogP contribution in [0.5, 0.6) is 0 Å². The molecule has 0 radical (unpaired) electrons. The molecule has 0 aromatic heterocycles. The van der Waals surface area contributed by atoms with Crippen LogP contribution in [-0.2, 0) is 0 Å². The first-order valence-corrected chi connectivity index (χ1v) is 9.80. The summed E-state index contributed by atoms with van der Waals surface area (Å²) in [6, 6.07) is -0.0345. The summed E-state index contributed by atoms with van der Waals surface area (Å²) in [6.07, 6.45) is 8.65. The monoisotopic (exact) mass is 303 g/mol. The highest BCUT2D eigenvalue weighted by atomic mass is 33.1. The molecule has 2 heterocycles. The third-order valence-corrected chi connectivity index (χ3v) is 6.59. The van der Waals surface area contributed by atoms with Gasteiger partial charge in [-0.15, -0.1) is 0 Å². The van der Waals surface area contributed by atoms with Gasteiger partial charge in [-0.25, -0.2) is 9.80 Å². The summed E-state index contributed by atoms with van der Waals surface area (Å²) in [5.41, 5.74) is 2.93. The lowest BCUT2D eigenvalue weighted by Gasteiger charge is -2.26. The number of hydrogen-bond donors (Lipinski definition) is 2. The second-order valence-electron chi connectivity index (χ2n) is 5.24. The van der Waals surface area contributed by atoms with E-state index in [1.807, 2.05) is 26.6 Å². The molecule has 1 atom stereocenters. The average Bonchev–Trinajstić information content (AvgIpc) is 2.92. The van der Waals surface area contributed by atoms with Crippen LogP contribution in [0.2, 0.25) is 0 Å². The second-order valence-corrected chi connectivity index (χ2v) is 8.03. The lowest BCUT2D eigenvalue weighted by atomic mass is 10.1. The Labute approximate surface area is 124 Å². The molecule has 0 aromatic carbocycles.